The first kappa shape index (κ1) is 15.3. The van der Waals surface area contributed by atoms with Crippen LogP contribution in [0.2, 0.25) is 0 Å². The molecule has 2 N–H and O–H groups in total. The summed E-state index contributed by atoms with van der Waals surface area (Å²) in [5.41, 5.74) is 1.16. The molecule has 3 rings (SSSR count). The van der Waals surface area contributed by atoms with E-state index >= 15 is 0 Å². The maximum absolute atomic E-state index is 5.16. The number of guanidine groups is 1. The van der Waals surface area contributed by atoms with Crippen molar-refractivity contribution in [1.82, 2.24) is 25.4 Å². The minimum Gasteiger partial charge on any atom is -0.497 e. The lowest BCUT2D eigenvalue weighted by molar-refractivity contribution is 0.414. The van der Waals surface area contributed by atoms with E-state index in [1.54, 1.807) is 14.2 Å². The maximum atomic E-state index is 5.16. The highest BCUT2D eigenvalue weighted by atomic mass is 16.5. The van der Waals surface area contributed by atoms with Crippen LogP contribution < -0.4 is 15.4 Å². The van der Waals surface area contributed by atoms with Crippen molar-refractivity contribution in [2.75, 3.05) is 14.2 Å². The van der Waals surface area contributed by atoms with E-state index in [9.17, 15) is 0 Å². The molecule has 7 heteroatoms. The van der Waals surface area contributed by atoms with Crippen molar-refractivity contribution in [3.05, 3.63) is 41.5 Å². The van der Waals surface area contributed by atoms with Crippen LogP contribution in [0.5, 0.6) is 5.75 Å². The lowest BCUT2D eigenvalue weighted by atomic mass is 10.2. The molecule has 0 saturated carbocycles. The van der Waals surface area contributed by atoms with Gasteiger partial charge in [0.15, 0.2) is 11.8 Å². The van der Waals surface area contributed by atoms with Gasteiger partial charge in [-0.1, -0.05) is 12.1 Å². The Morgan fingerprint density at radius 1 is 1.22 bits per heavy atom. The molecule has 1 aromatic heterocycles. The van der Waals surface area contributed by atoms with Gasteiger partial charge in [0, 0.05) is 26.6 Å². The molecular weight excluding hydrogens is 292 g/mol. The molecule has 0 bridgehead atoms. The van der Waals surface area contributed by atoms with Crippen molar-refractivity contribution in [1.29, 1.82) is 0 Å². The first-order chi connectivity index (χ1) is 11.3. The molecule has 0 aliphatic carbocycles. The summed E-state index contributed by atoms with van der Waals surface area (Å²) in [6, 6.07) is 7.97. The van der Waals surface area contributed by atoms with Crippen molar-refractivity contribution in [2.45, 2.75) is 32.5 Å². The van der Waals surface area contributed by atoms with E-state index in [2.05, 4.69) is 30.4 Å². The maximum Gasteiger partial charge on any atom is 0.191 e. The Morgan fingerprint density at radius 3 is 2.74 bits per heavy atom. The minimum absolute atomic E-state index is 0.620. The van der Waals surface area contributed by atoms with Crippen LogP contribution in [0.25, 0.3) is 0 Å². The van der Waals surface area contributed by atoms with Gasteiger partial charge in [0.25, 0.3) is 0 Å². The van der Waals surface area contributed by atoms with Crippen molar-refractivity contribution in [3.63, 3.8) is 0 Å². The second-order valence-electron chi connectivity index (χ2n) is 5.42. The molecule has 2 heterocycles. The second-order valence-corrected chi connectivity index (χ2v) is 5.42. The van der Waals surface area contributed by atoms with E-state index in [4.69, 9.17) is 4.74 Å². The molecule has 0 atom stereocenters. The molecule has 0 unspecified atom stereocenters. The van der Waals surface area contributed by atoms with Crippen LogP contribution in [0, 0.1) is 0 Å². The Kier molecular flexibility index (Phi) is 4.75. The Bertz CT molecular complexity index is 676. The number of nitrogens with zero attached hydrogens (tertiary/aromatic N) is 4. The molecule has 0 spiro atoms. The first-order valence-corrected chi connectivity index (χ1v) is 7.78. The van der Waals surface area contributed by atoms with Gasteiger partial charge in [-0.2, -0.15) is 0 Å². The number of hydrogen-bond donors (Lipinski definition) is 2. The van der Waals surface area contributed by atoms with Crippen LogP contribution in [0.3, 0.4) is 0 Å². The number of aromatic nitrogens is 3. The smallest absolute Gasteiger partial charge is 0.191 e. The molecule has 7 nitrogen and oxygen atoms in total. The van der Waals surface area contributed by atoms with E-state index < -0.39 is 0 Å². The zero-order valence-electron chi connectivity index (χ0n) is 13.5. The van der Waals surface area contributed by atoms with Gasteiger partial charge < -0.3 is 19.9 Å². The first-order valence-electron chi connectivity index (χ1n) is 7.78. The number of nitrogens with one attached hydrogen (secondary N) is 2. The summed E-state index contributed by atoms with van der Waals surface area (Å²) in [6.07, 6.45) is 2.18. The monoisotopic (exact) mass is 314 g/mol. The van der Waals surface area contributed by atoms with Crippen LogP contribution in [0.1, 0.15) is 23.6 Å². The third-order valence-electron chi connectivity index (χ3n) is 3.94. The van der Waals surface area contributed by atoms with Gasteiger partial charge in [0.05, 0.1) is 13.7 Å². The number of rotatable bonds is 5. The summed E-state index contributed by atoms with van der Waals surface area (Å²) < 4.78 is 7.34. The van der Waals surface area contributed by atoms with E-state index in [0.29, 0.717) is 13.1 Å². The lowest BCUT2D eigenvalue weighted by Crippen LogP contribution is -2.37. The summed E-state index contributed by atoms with van der Waals surface area (Å²) in [4.78, 5) is 4.24. The van der Waals surface area contributed by atoms with Crippen LogP contribution in [-0.2, 0) is 26.1 Å². The summed E-state index contributed by atoms with van der Waals surface area (Å²) in [7, 11) is 3.43. The number of methoxy groups -OCH3 is 1. The molecule has 0 radical (unpaired) electrons. The molecule has 0 fully saturated rings. The molecular formula is C16H22N6O. The average Bonchev–Trinajstić information content (AvgIpc) is 3.20. The molecule has 2 aromatic rings. The summed E-state index contributed by atoms with van der Waals surface area (Å²) in [6.45, 7) is 2.33. The molecule has 1 aliphatic heterocycles. The zero-order valence-corrected chi connectivity index (χ0v) is 13.5. The van der Waals surface area contributed by atoms with Crippen LogP contribution >= 0.6 is 0 Å². The fourth-order valence-electron chi connectivity index (χ4n) is 2.65. The molecule has 23 heavy (non-hydrogen) atoms. The lowest BCUT2D eigenvalue weighted by Gasteiger charge is -2.12. The summed E-state index contributed by atoms with van der Waals surface area (Å²) in [5, 5.41) is 15.0. The van der Waals surface area contributed by atoms with E-state index in [1.165, 1.54) is 0 Å². The predicted octanol–water partition coefficient (Wildman–Crippen LogP) is 1.10. The van der Waals surface area contributed by atoms with Gasteiger partial charge in [-0.15, -0.1) is 10.2 Å². The Balaban J connectivity index is 1.51. The van der Waals surface area contributed by atoms with Crippen LogP contribution in [-0.4, -0.2) is 34.9 Å². The predicted molar refractivity (Wildman–Crippen MR) is 88.4 cm³/mol. The number of fused-ring (bicyclic) bond motifs is 1. The fraction of sp³-hybridized carbons (Fsp3) is 0.438. The SMILES string of the molecule is CN=C(NCc1ccc(OC)cc1)NCc1nnc2n1CCC2. The van der Waals surface area contributed by atoms with E-state index in [0.717, 1.165) is 48.3 Å². The number of hydrogen-bond acceptors (Lipinski definition) is 4. The molecule has 1 aliphatic rings. The Labute approximate surface area is 135 Å². The Morgan fingerprint density at radius 2 is 2.00 bits per heavy atom. The number of aliphatic imine (C=N–C) groups is 1. The fourth-order valence-corrected chi connectivity index (χ4v) is 2.65. The van der Waals surface area contributed by atoms with E-state index in [-0.39, 0.29) is 0 Å². The number of aryl methyl sites for hydroxylation is 1. The highest BCUT2D eigenvalue weighted by Crippen LogP contribution is 2.13. The average molecular weight is 314 g/mol. The van der Waals surface area contributed by atoms with Crippen molar-refractivity contribution < 1.29 is 4.74 Å². The van der Waals surface area contributed by atoms with Gasteiger partial charge in [0.1, 0.15) is 11.6 Å². The zero-order chi connectivity index (χ0) is 16.1. The van der Waals surface area contributed by atoms with Crippen LogP contribution in [0.15, 0.2) is 29.3 Å². The van der Waals surface area contributed by atoms with Crippen molar-refractivity contribution in [2.24, 2.45) is 4.99 Å². The number of benzene rings is 1. The number of ether oxygens (including phenoxy) is 1. The standard InChI is InChI=1S/C16H22N6O/c1-17-16(18-10-12-5-7-13(23-2)8-6-12)19-11-15-21-20-14-4-3-9-22(14)15/h5-8H,3-4,9-11H2,1-2H3,(H2,17,18,19). The minimum atomic E-state index is 0.620. The molecule has 0 amide bonds. The molecule has 122 valence electrons. The van der Waals surface area contributed by atoms with Gasteiger partial charge in [0.2, 0.25) is 0 Å². The van der Waals surface area contributed by atoms with Gasteiger partial charge in [-0.05, 0) is 24.1 Å². The largest absolute Gasteiger partial charge is 0.497 e. The van der Waals surface area contributed by atoms with Gasteiger partial charge >= 0.3 is 0 Å². The highest BCUT2D eigenvalue weighted by Gasteiger charge is 2.16. The van der Waals surface area contributed by atoms with Gasteiger partial charge in [-0.3, -0.25) is 4.99 Å². The molecule has 0 saturated heterocycles. The topological polar surface area (TPSA) is 76.4 Å². The third kappa shape index (κ3) is 3.61. The summed E-state index contributed by atoms with van der Waals surface area (Å²) in [5.74, 6) is 3.65. The Hall–Kier alpha value is -2.57. The normalized spacial score (nSPS) is 13.7. The summed E-state index contributed by atoms with van der Waals surface area (Å²) >= 11 is 0. The second kappa shape index (κ2) is 7.13. The molecule has 1 aromatic carbocycles. The quantitative estimate of drug-likeness (QED) is 0.638. The van der Waals surface area contributed by atoms with Crippen LogP contribution in [0.4, 0.5) is 0 Å². The third-order valence-corrected chi connectivity index (χ3v) is 3.94. The van der Waals surface area contributed by atoms with Crippen molar-refractivity contribution >= 4 is 5.96 Å². The van der Waals surface area contributed by atoms with Crippen molar-refractivity contribution in [3.8, 4) is 5.75 Å². The van der Waals surface area contributed by atoms with E-state index in [1.807, 2.05) is 24.3 Å². The van der Waals surface area contributed by atoms with Gasteiger partial charge in [-0.25, -0.2) is 0 Å². The highest BCUT2D eigenvalue weighted by molar-refractivity contribution is 5.79.